The molecule has 0 radical (unpaired) electrons. The molecule has 0 bridgehead atoms. The second-order valence-corrected chi connectivity index (χ2v) is 8.21. The SMILES string of the molecule is O=C1c2ccccc2C(=O)N1CCCN1CCN(CCc2cccs2)CC1. The van der Waals surface area contributed by atoms with E-state index < -0.39 is 0 Å². The first-order valence-electron chi connectivity index (χ1n) is 9.65. The lowest BCUT2D eigenvalue weighted by molar-refractivity contribution is 0.0641. The van der Waals surface area contributed by atoms with Crippen molar-refractivity contribution in [2.75, 3.05) is 45.8 Å². The Morgan fingerprint density at radius 1 is 0.778 bits per heavy atom. The molecule has 0 aliphatic carbocycles. The van der Waals surface area contributed by atoms with Crippen LogP contribution in [0.4, 0.5) is 0 Å². The third-order valence-corrected chi connectivity index (χ3v) is 6.39. The van der Waals surface area contributed by atoms with Gasteiger partial charge >= 0.3 is 0 Å². The highest BCUT2D eigenvalue weighted by atomic mass is 32.1. The molecule has 2 aromatic rings. The van der Waals surface area contributed by atoms with Gasteiger partial charge in [0.05, 0.1) is 11.1 Å². The summed E-state index contributed by atoms with van der Waals surface area (Å²) < 4.78 is 0. The van der Waals surface area contributed by atoms with Crippen molar-refractivity contribution in [1.29, 1.82) is 0 Å². The Labute approximate surface area is 164 Å². The van der Waals surface area contributed by atoms with Crippen LogP contribution in [0.15, 0.2) is 41.8 Å². The number of piperazine rings is 1. The molecule has 6 heteroatoms. The Morgan fingerprint density at radius 2 is 1.41 bits per heavy atom. The molecule has 142 valence electrons. The first-order valence-corrected chi connectivity index (χ1v) is 10.5. The number of carbonyl (C=O) groups is 2. The van der Waals surface area contributed by atoms with Gasteiger partial charge in [0.15, 0.2) is 0 Å². The van der Waals surface area contributed by atoms with Gasteiger partial charge in [-0.2, -0.15) is 0 Å². The molecular formula is C21H25N3O2S. The van der Waals surface area contributed by atoms with E-state index in [0.717, 1.165) is 52.1 Å². The van der Waals surface area contributed by atoms with Gasteiger partial charge in [-0.1, -0.05) is 18.2 Å². The molecule has 0 spiro atoms. The molecule has 1 saturated heterocycles. The van der Waals surface area contributed by atoms with Gasteiger partial charge < -0.3 is 9.80 Å². The number of hydrogen-bond acceptors (Lipinski definition) is 5. The highest BCUT2D eigenvalue weighted by molar-refractivity contribution is 7.09. The fourth-order valence-electron chi connectivity index (χ4n) is 3.85. The Balaban J connectivity index is 1.18. The van der Waals surface area contributed by atoms with Crippen LogP contribution in [0, 0.1) is 0 Å². The van der Waals surface area contributed by atoms with Gasteiger partial charge in [0.25, 0.3) is 11.8 Å². The van der Waals surface area contributed by atoms with E-state index in [0.29, 0.717) is 17.7 Å². The van der Waals surface area contributed by atoms with Crippen LogP contribution in [0.3, 0.4) is 0 Å². The molecule has 27 heavy (non-hydrogen) atoms. The molecule has 4 rings (SSSR count). The first-order chi connectivity index (χ1) is 13.2. The fraction of sp³-hybridized carbons (Fsp3) is 0.429. The van der Waals surface area contributed by atoms with Crippen LogP contribution in [0.1, 0.15) is 32.0 Å². The van der Waals surface area contributed by atoms with E-state index in [1.807, 2.05) is 23.5 Å². The van der Waals surface area contributed by atoms with Crippen LogP contribution in [0.5, 0.6) is 0 Å². The molecule has 0 N–H and O–H groups in total. The van der Waals surface area contributed by atoms with E-state index in [2.05, 4.69) is 27.3 Å². The number of amides is 2. The standard InChI is InChI=1S/C21H25N3O2S/c25-20-18-6-1-2-7-19(18)21(26)24(20)10-4-9-22-12-14-23(15-13-22)11-8-17-5-3-16-27-17/h1-3,5-7,16H,4,8-15H2. The van der Waals surface area contributed by atoms with Crippen LogP contribution in [-0.4, -0.2) is 72.3 Å². The average Bonchev–Trinajstić information content (AvgIpc) is 3.30. The molecule has 2 amide bonds. The molecular weight excluding hydrogens is 358 g/mol. The van der Waals surface area contributed by atoms with Crippen molar-refractivity contribution in [1.82, 2.24) is 14.7 Å². The summed E-state index contributed by atoms with van der Waals surface area (Å²) in [6.07, 6.45) is 1.97. The number of benzene rings is 1. The van der Waals surface area contributed by atoms with Gasteiger partial charge in [-0.05, 0) is 43.0 Å². The molecule has 0 unspecified atom stereocenters. The monoisotopic (exact) mass is 383 g/mol. The topological polar surface area (TPSA) is 43.9 Å². The minimum Gasteiger partial charge on any atom is -0.301 e. The lowest BCUT2D eigenvalue weighted by Gasteiger charge is -2.34. The summed E-state index contributed by atoms with van der Waals surface area (Å²) in [4.78, 5) is 32.6. The third-order valence-electron chi connectivity index (χ3n) is 5.45. The summed E-state index contributed by atoms with van der Waals surface area (Å²) in [5, 5.41) is 2.14. The molecule has 0 saturated carbocycles. The van der Waals surface area contributed by atoms with E-state index in [9.17, 15) is 9.59 Å². The zero-order valence-electron chi connectivity index (χ0n) is 15.5. The van der Waals surface area contributed by atoms with Crippen molar-refractivity contribution in [3.8, 4) is 0 Å². The largest absolute Gasteiger partial charge is 0.301 e. The van der Waals surface area contributed by atoms with Crippen molar-refractivity contribution in [2.45, 2.75) is 12.8 Å². The van der Waals surface area contributed by atoms with Crippen molar-refractivity contribution in [2.24, 2.45) is 0 Å². The predicted molar refractivity (Wildman–Crippen MR) is 107 cm³/mol. The van der Waals surface area contributed by atoms with Gasteiger partial charge in [0, 0.05) is 44.1 Å². The Morgan fingerprint density at radius 3 is 2.00 bits per heavy atom. The molecule has 0 atom stereocenters. The normalized spacial score (nSPS) is 18.3. The molecule has 2 aliphatic heterocycles. The smallest absolute Gasteiger partial charge is 0.261 e. The highest BCUT2D eigenvalue weighted by Gasteiger charge is 2.34. The van der Waals surface area contributed by atoms with E-state index in [1.54, 1.807) is 12.1 Å². The van der Waals surface area contributed by atoms with Gasteiger partial charge in [-0.3, -0.25) is 14.5 Å². The first kappa shape index (κ1) is 18.3. The third kappa shape index (κ3) is 4.13. The van der Waals surface area contributed by atoms with Crippen molar-refractivity contribution >= 4 is 23.2 Å². The fourth-order valence-corrected chi connectivity index (χ4v) is 4.55. The van der Waals surface area contributed by atoms with Crippen LogP contribution < -0.4 is 0 Å². The van der Waals surface area contributed by atoms with Crippen LogP contribution >= 0.6 is 11.3 Å². The maximum Gasteiger partial charge on any atom is 0.261 e. The second kappa shape index (κ2) is 8.33. The van der Waals surface area contributed by atoms with Crippen molar-refractivity contribution < 1.29 is 9.59 Å². The maximum atomic E-state index is 12.4. The van der Waals surface area contributed by atoms with E-state index in [4.69, 9.17) is 0 Å². The average molecular weight is 384 g/mol. The Kier molecular flexibility index (Phi) is 5.66. The van der Waals surface area contributed by atoms with Crippen LogP contribution in [0.2, 0.25) is 0 Å². The van der Waals surface area contributed by atoms with Crippen molar-refractivity contribution in [3.63, 3.8) is 0 Å². The molecule has 5 nitrogen and oxygen atoms in total. The molecule has 2 aliphatic rings. The maximum absolute atomic E-state index is 12.4. The summed E-state index contributed by atoms with van der Waals surface area (Å²) in [5.41, 5.74) is 1.09. The Hall–Kier alpha value is -2.02. The van der Waals surface area contributed by atoms with Crippen LogP contribution in [-0.2, 0) is 6.42 Å². The second-order valence-electron chi connectivity index (χ2n) is 7.17. The summed E-state index contributed by atoms with van der Waals surface area (Å²) in [5.74, 6) is -0.289. The lowest BCUT2D eigenvalue weighted by Crippen LogP contribution is -2.47. The lowest BCUT2D eigenvalue weighted by atomic mass is 10.1. The summed E-state index contributed by atoms with van der Waals surface area (Å²) in [7, 11) is 0. The molecule has 1 aromatic heterocycles. The highest BCUT2D eigenvalue weighted by Crippen LogP contribution is 2.22. The van der Waals surface area contributed by atoms with E-state index >= 15 is 0 Å². The van der Waals surface area contributed by atoms with Gasteiger partial charge in [0.2, 0.25) is 0 Å². The van der Waals surface area contributed by atoms with Crippen LogP contribution in [0.25, 0.3) is 0 Å². The Bertz CT molecular complexity index is 763. The zero-order valence-corrected chi connectivity index (χ0v) is 16.3. The van der Waals surface area contributed by atoms with E-state index in [-0.39, 0.29) is 11.8 Å². The number of thiophene rings is 1. The van der Waals surface area contributed by atoms with Crippen molar-refractivity contribution in [3.05, 3.63) is 57.8 Å². The number of hydrogen-bond donors (Lipinski definition) is 0. The molecule has 1 aromatic carbocycles. The summed E-state index contributed by atoms with van der Waals surface area (Å²) in [6.45, 7) is 6.89. The van der Waals surface area contributed by atoms with Gasteiger partial charge in [0.1, 0.15) is 0 Å². The van der Waals surface area contributed by atoms with Gasteiger partial charge in [-0.15, -0.1) is 11.3 Å². The number of imide groups is 1. The molecule has 3 heterocycles. The number of fused-ring (bicyclic) bond motifs is 1. The number of carbonyl (C=O) groups excluding carboxylic acids is 2. The minimum atomic E-state index is -0.144. The van der Waals surface area contributed by atoms with E-state index in [1.165, 1.54) is 9.78 Å². The quantitative estimate of drug-likeness (QED) is 0.690. The zero-order chi connectivity index (χ0) is 18.6. The predicted octanol–water partition coefficient (Wildman–Crippen LogP) is 2.59. The summed E-state index contributed by atoms with van der Waals surface area (Å²) in [6, 6.07) is 11.4. The van der Waals surface area contributed by atoms with Gasteiger partial charge in [-0.25, -0.2) is 0 Å². The minimum absolute atomic E-state index is 0.144. The number of nitrogens with zero attached hydrogens (tertiary/aromatic N) is 3. The number of rotatable bonds is 7. The molecule has 1 fully saturated rings. The summed E-state index contributed by atoms with van der Waals surface area (Å²) >= 11 is 1.83.